The van der Waals surface area contributed by atoms with Crippen LogP contribution < -0.4 is 0 Å². The molecule has 58 valence electrons. The molecule has 0 atom stereocenters. The summed E-state index contributed by atoms with van der Waals surface area (Å²) in [5.41, 5.74) is 0.600. The van der Waals surface area contributed by atoms with Crippen LogP contribution in [0.5, 0.6) is 0 Å². The second-order valence-corrected chi connectivity index (χ2v) is 2.13. The Balaban J connectivity index is 3.01. The maximum Gasteiger partial charge on any atom is 0.203 e. The molecule has 3 heteroatoms. The number of rotatable bonds is 3. The van der Waals surface area contributed by atoms with Crippen molar-refractivity contribution in [1.82, 2.24) is 9.55 Å². The van der Waals surface area contributed by atoms with Crippen LogP contribution in [0, 0.1) is 0 Å². The highest BCUT2D eigenvalue weighted by Gasteiger charge is 2.05. The number of hydrogen-bond acceptors (Lipinski definition) is 2. The Morgan fingerprint density at radius 2 is 2.64 bits per heavy atom. The molecule has 0 radical (unpaired) electrons. The van der Waals surface area contributed by atoms with E-state index >= 15 is 0 Å². The molecule has 0 saturated carbocycles. The van der Waals surface area contributed by atoms with E-state index in [-0.39, 0.29) is 5.78 Å². The summed E-state index contributed by atoms with van der Waals surface area (Å²) in [6, 6.07) is 0. The van der Waals surface area contributed by atoms with Gasteiger partial charge in [0.05, 0.1) is 12.5 Å². The van der Waals surface area contributed by atoms with Crippen LogP contribution in [0.1, 0.15) is 17.4 Å². The number of carbonyl (C=O) groups excluding carboxylic acids is 1. The van der Waals surface area contributed by atoms with Crippen molar-refractivity contribution in [2.75, 3.05) is 0 Å². The van der Waals surface area contributed by atoms with Crippen LogP contribution in [0.25, 0.3) is 0 Å². The zero-order valence-corrected chi connectivity index (χ0v) is 6.45. The molecule has 0 N–H and O–H groups in total. The molecule has 0 bridgehead atoms. The minimum atomic E-state index is -0.0793. The van der Waals surface area contributed by atoms with Crippen molar-refractivity contribution in [2.45, 2.75) is 13.5 Å². The number of imidazole rings is 1. The van der Waals surface area contributed by atoms with E-state index in [0.29, 0.717) is 5.69 Å². The molecule has 0 fully saturated rings. The molecule has 11 heavy (non-hydrogen) atoms. The van der Waals surface area contributed by atoms with Crippen molar-refractivity contribution in [3.63, 3.8) is 0 Å². The summed E-state index contributed by atoms with van der Waals surface area (Å²) in [6.45, 7) is 6.12. The van der Waals surface area contributed by atoms with Gasteiger partial charge in [-0.2, -0.15) is 0 Å². The van der Waals surface area contributed by atoms with Gasteiger partial charge in [0, 0.05) is 6.54 Å². The van der Waals surface area contributed by atoms with E-state index in [0.717, 1.165) is 6.54 Å². The van der Waals surface area contributed by atoms with Gasteiger partial charge >= 0.3 is 0 Å². The predicted molar refractivity (Wildman–Crippen MR) is 42.4 cm³/mol. The number of carbonyl (C=O) groups is 1. The molecular weight excluding hydrogens is 140 g/mol. The predicted octanol–water partition coefficient (Wildman–Crippen LogP) is 1.27. The van der Waals surface area contributed by atoms with Gasteiger partial charge in [0.2, 0.25) is 5.78 Å². The first-order valence-corrected chi connectivity index (χ1v) is 3.46. The smallest absolute Gasteiger partial charge is 0.203 e. The maximum absolute atomic E-state index is 11.1. The van der Waals surface area contributed by atoms with Gasteiger partial charge in [0.15, 0.2) is 0 Å². The minimum Gasteiger partial charge on any atom is -0.328 e. The molecule has 0 amide bonds. The molecule has 1 heterocycles. The summed E-state index contributed by atoms with van der Waals surface area (Å²) in [6.07, 6.45) is 4.48. The Morgan fingerprint density at radius 3 is 3.18 bits per heavy atom. The first-order chi connectivity index (χ1) is 5.29. The molecule has 0 aliphatic heterocycles. The van der Waals surface area contributed by atoms with Crippen LogP contribution in [0.2, 0.25) is 0 Å². The topological polar surface area (TPSA) is 34.9 Å². The molecule has 0 aliphatic carbocycles. The van der Waals surface area contributed by atoms with Gasteiger partial charge in [-0.15, -0.1) is 0 Å². The summed E-state index contributed by atoms with van der Waals surface area (Å²) in [5, 5.41) is 0. The van der Waals surface area contributed by atoms with Gasteiger partial charge in [-0.3, -0.25) is 4.79 Å². The Bertz CT molecular complexity index is 275. The largest absolute Gasteiger partial charge is 0.328 e. The molecule has 0 unspecified atom stereocenters. The molecule has 1 aromatic rings. The Labute approximate surface area is 65.4 Å². The van der Waals surface area contributed by atoms with E-state index in [1.165, 1.54) is 6.08 Å². The van der Waals surface area contributed by atoms with Crippen LogP contribution in [0.4, 0.5) is 0 Å². The van der Waals surface area contributed by atoms with Crippen molar-refractivity contribution < 1.29 is 4.79 Å². The highest BCUT2D eigenvalue weighted by atomic mass is 16.1. The van der Waals surface area contributed by atoms with Gasteiger partial charge in [-0.1, -0.05) is 6.58 Å². The fourth-order valence-electron chi connectivity index (χ4n) is 0.882. The fraction of sp³-hybridized carbons (Fsp3) is 0.250. The van der Waals surface area contributed by atoms with E-state index in [9.17, 15) is 4.79 Å². The highest BCUT2D eigenvalue weighted by Crippen LogP contribution is 2.00. The first kappa shape index (κ1) is 7.72. The van der Waals surface area contributed by atoms with Crippen molar-refractivity contribution in [3.05, 3.63) is 30.9 Å². The van der Waals surface area contributed by atoms with E-state index < -0.39 is 0 Å². The number of allylic oxidation sites excluding steroid dienone is 1. The van der Waals surface area contributed by atoms with Gasteiger partial charge in [-0.25, -0.2) is 4.98 Å². The van der Waals surface area contributed by atoms with Gasteiger partial charge in [0.1, 0.15) is 5.69 Å². The summed E-state index contributed by atoms with van der Waals surface area (Å²) in [4.78, 5) is 14.9. The van der Waals surface area contributed by atoms with Crippen molar-refractivity contribution in [2.24, 2.45) is 0 Å². The second-order valence-electron chi connectivity index (χ2n) is 2.13. The second kappa shape index (κ2) is 3.14. The van der Waals surface area contributed by atoms with E-state index in [1.807, 2.05) is 6.92 Å². The molecule has 0 saturated heterocycles. The Hall–Kier alpha value is -1.38. The van der Waals surface area contributed by atoms with Crippen LogP contribution in [0.3, 0.4) is 0 Å². The average Bonchev–Trinajstić information content (AvgIpc) is 2.50. The van der Waals surface area contributed by atoms with Gasteiger partial charge < -0.3 is 4.57 Å². The van der Waals surface area contributed by atoms with E-state index in [1.54, 1.807) is 17.1 Å². The summed E-state index contributed by atoms with van der Waals surface area (Å²) < 4.78 is 1.78. The van der Waals surface area contributed by atoms with Crippen LogP contribution in [0.15, 0.2) is 25.2 Å². The van der Waals surface area contributed by atoms with E-state index in [4.69, 9.17) is 0 Å². The summed E-state index contributed by atoms with van der Waals surface area (Å²) in [7, 11) is 0. The van der Waals surface area contributed by atoms with Crippen molar-refractivity contribution in [1.29, 1.82) is 0 Å². The lowest BCUT2D eigenvalue weighted by Gasteiger charge is -1.99. The number of aromatic nitrogens is 2. The first-order valence-electron chi connectivity index (χ1n) is 3.46. The number of nitrogens with zero attached hydrogens (tertiary/aromatic N) is 2. The maximum atomic E-state index is 11.1. The molecular formula is C8H10N2O. The molecule has 3 nitrogen and oxygen atoms in total. The van der Waals surface area contributed by atoms with Crippen molar-refractivity contribution >= 4 is 5.78 Å². The summed E-state index contributed by atoms with van der Waals surface area (Å²) >= 11 is 0. The minimum absolute atomic E-state index is 0.0793. The zero-order valence-electron chi connectivity index (χ0n) is 6.45. The number of aryl methyl sites for hydroxylation is 1. The highest BCUT2D eigenvalue weighted by molar-refractivity contribution is 6.02. The molecule has 1 rings (SSSR count). The lowest BCUT2D eigenvalue weighted by Crippen LogP contribution is -2.04. The van der Waals surface area contributed by atoms with E-state index in [2.05, 4.69) is 11.6 Å². The molecule has 0 spiro atoms. The lowest BCUT2D eigenvalue weighted by atomic mass is 10.3. The third kappa shape index (κ3) is 1.37. The van der Waals surface area contributed by atoms with Crippen LogP contribution in [-0.4, -0.2) is 15.3 Å². The Morgan fingerprint density at radius 1 is 1.91 bits per heavy atom. The summed E-state index contributed by atoms with van der Waals surface area (Å²) in [5.74, 6) is -0.0793. The lowest BCUT2D eigenvalue weighted by molar-refractivity contribution is 0.103. The normalized spacial score (nSPS) is 9.55. The van der Waals surface area contributed by atoms with Crippen LogP contribution in [-0.2, 0) is 6.54 Å². The quantitative estimate of drug-likeness (QED) is 0.480. The van der Waals surface area contributed by atoms with Gasteiger partial charge in [-0.05, 0) is 13.0 Å². The third-order valence-electron chi connectivity index (χ3n) is 1.49. The monoisotopic (exact) mass is 150 g/mol. The standard InChI is InChI=1S/C8H10N2O/c1-3-8(11)7-5-9-6-10(7)4-2/h3,5-6H,1,4H2,2H3. The third-order valence-corrected chi connectivity index (χ3v) is 1.49. The zero-order chi connectivity index (χ0) is 8.27. The van der Waals surface area contributed by atoms with Crippen LogP contribution >= 0.6 is 0 Å². The number of hydrogen-bond donors (Lipinski definition) is 0. The molecule has 0 aromatic carbocycles. The molecule has 0 aliphatic rings. The molecule has 1 aromatic heterocycles. The van der Waals surface area contributed by atoms with Crippen molar-refractivity contribution in [3.8, 4) is 0 Å². The van der Waals surface area contributed by atoms with Gasteiger partial charge in [0.25, 0.3) is 0 Å². The average molecular weight is 150 g/mol. The number of ketones is 1. The Kier molecular flexibility index (Phi) is 2.21. The SMILES string of the molecule is C=CC(=O)c1cncn1CC. The fourth-order valence-corrected chi connectivity index (χ4v) is 0.882.